The van der Waals surface area contributed by atoms with Crippen LogP contribution < -0.4 is 16.0 Å². The van der Waals surface area contributed by atoms with Crippen molar-refractivity contribution in [3.63, 3.8) is 0 Å². The highest BCUT2D eigenvalue weighted by atomic mass is 15.1. The van der Waals surface area contributed by atoms with Crippen LogP contribution in [0.15, 0.2) is 74.0 Å². The third kappa shape index (κ3) is 6.15. The first-order valence-corrected chi connectivity index (χ1v) is 20.7. The molecular formula is C42H51N15. The molecule has 0 aromatic carbocycles. The molecule has 0 bridgehead atoms. The lowest BCUT2D eigenvalue weighted by molar-refractivity contribution is 0.493. The van der Waals surface area contributed by atoms with Crippen LogP contribution >= 0.6 is 0 Å². The molecule has 6 unspecified atom stereocenters. The third-order valence-corrected chi connectivity index (χ3v) is 12.9. The maximum absolute atomic E-state index is 4.52. The van der Waals surface area contributed by atoms with Crippen molar-refractivity contribution in [3.8, 4) is 0 Å². The molecular weight excluding hydrogens is 715 g/mol. The second-order valence-corrected chi connectivity index (χ2v) is 15.8. The molecule has 0 aliphatic carbocycles. The average molecular weight is 766 g/mol. The van der Waals surface area contributed by atoms with Gasteiger partial charge < -0.3 is 30.9 Å². The molecule has 0 saturated carbocycles. The minimum absolute atomic E-state index is 0.542. The van der Waals surface area contributed by atoms with Crippen LogP contribution in [0, 0.1) is 17.8 Å². The monoisotopic (exact) mass is 765 g/mol. The largest absolute Gasteiger partial charge is 0.345 e. The van der Waals surface area contributed by atoms with Crippen LogP contribution in [0.5, 0.6) is 0 Å². The molecule has 9 aromatic rings. The van der Waals surface area contributed by atoms with Crippen LogP contribution in [-0.2, 0) is 0 Å². The standard InChI is InChI=1S/3C14H17N5/c3*1-2-9-5-15-6-10(9)12-7-17-13-8-18-14-11(19(12)13)3-4-16-14/h3*3-4,7-10,15-16H,2,5-6H2,1H3. The number of aromatic nitrogens is 12. The molecule has 0 radical (unpaired) electrons. The molecule has 15 nitrogen and oxygen atoms in total. The lowest BCUT2D eigenvalue weighted by Crippen LogP contribution is -2.12. The van der Waals surface area contributed by atoms with Crippen LogP contribution in [0.4, 0.5) is 0 Å². The predicted octanol–water partition coefficient (Wildman–Crippen LogP) is 5.77. The number of hydrogen-bond donors (Lipinski definition) is 6. The van der Waals surface area contributed by atoms with E-state index in [4.69, 9.17) is 0 Å². The van der Waals surface area contributed by atoms with Crippen LogP contribution in [0.25, 0.3) is 50.4 Å². The number of imidazole rings is 3. The summed E-state index contributed by atoms with van der Waals surface area (Å²) in [4.78, 5) is 36.3. The first-order chi connectivity index (χ1) is 28.1. The lowest BCUT2D eigenvalue weighted by atomic mass is 9.91. The van der Waals surface area contributed by atoms with Crippen molar-refractivity contribution >= 4 is 50.4 Å². The van der Waals surface area contributed by atoms with E-state index in [2.05, 4.69) is 113 Å². The summed E-state index contributed by atoms with van der Waals surface area (Å²) in [7, 11) is 0. The highest BCUT2D eigenvalue weighted by Crippen LogP contribution is 2.34. The van der Waals surface area contributed by atoms with Gasteiger partial charge in [-0.25, -0.2) is 29.9 Å². The molecule has 6 N–H and O–H groups in total. The summed E-state index contributed by atoms with van der Waals surface area (Å²) in [6, 6.07) is 6.22. The summed E-state index contributed by atoms with van der Waals surface area (Å²) in [5, 5.41) is 10.5. The van der Waals surface area contributed by atoms with E-state index in [-0.39, 0.29) is 0 Å². The molecule has 3 fully saturated rings. The van der Waals surface area contributed by atoms with E-state index in [1.165, 1.54) is 36.3 Å². The Morgan fingerprint density at radius 1 is 0.439 bits per heavy atom. The van der Waals surface area contributed by atoms with Gasteiger partial charge in [-0.1, -0.05) is 40.0 Å². The molecule has 15 heteroatoms. The second kappa shape index (κ2) is 15.0. The maximum Gasteiger partial charge on any atom is 0.156 e. The van der Waals surface area contributed by atoms with Gasteiger partial charge in [0.1, 0.15) is 0 Å². The molecule has 12 heterocycles. The minimum Gasteiger partial charge on any atom is -0.345 e. The number of fused-ring (bicyclic) bond motifs is 9. The fourth-order valence-corrected chi connectivity index (χ4v) is 9.79. The normalized spacial score (nSPS) is 23.6. The van der Waals surface area contributed by atoms with Crippen molar-refractivity contribution in [2.24, 2.45) is 17.8 Å². The molecule has 9 aromatic heterocycles. The van der Waals surface area contributed by atoms with Gasteiger partial charge in [-0.15, -0.1) is 0 Å². The summed E-state index contributed by atoms with van der Waals surface area (Å²) in [6.07, 6.45) is 21.0. The number of hydrogen-bond acceptors (Lipinski definition) is 9. The Labute approximate surface area is 329 Å². The Morgan fingerprint density at radius 3 is 1.05 bits per heavy atom. The molecule has 294 valence electrons. The van der Waals surface area contributed by atoms with Crippen molar-refractivity contribution in [2.75, 3.05) is 39.3 Å². The zero-order valence-corrected chi connectivity index (χ0v) is 32.8. The van der Waals surface area contributed by atoms with Gasteiger partial charge >= 0.3 is 0 Å². The van der Waals surface area contributed by atoms with E-state index < -0.39 is 0 Å². The summed E-state index contributed by atoms with van der Waals surface area (Å²) < 4.78 is 6.75. The summed E-state index contributed by atoms with van der Waals surface area (Å²) in [5.74, 6) is 3.72. The molecule has 57 heavy (non-hydrogen) atoms. The fraction of sp³-hybridized carbons (Fsp3) is 0.429. The van der Waals surface area contributed by atoms with Crippen molar-refractivity contribution in [3.05, 3.63) is 91.1 Å². The predicted molar refractivity (Wildman–Crippen MR) is 223 cm³/mol. The Kier molecular flexibility index (Phi) is 9.43. The van der Waals surface area contributed by atoms with Gasteiger partial charge in [0.15, 0.2) is 33.9 Å². The van der Waals surface area contributed by atoms with E-state index in [1.807, 2.05) is 55.8 Å². The van der Waals surface area contributed by atoms with Gasteiger partial charge in [-0.3, -0.25) is 13.2 Å². The van der Waals surface area contributed by atoms with Gasteiger partial charge in [0.2, 0.25) is 0 Å². The second-order valence-electron chi connectivity index (χ2n) is 15.8. The van der Waals surface area contributed by atoms with Crippen molar-refractivity contribution in [2.45, 2.75) is 57.8 Å². The molecule has 3 aliphatic rings. The minimum atomic E-state index is 0.542. The van der Waals surface area contributed by atoms with E-state index in [0.717, 1.165) is 89.7 Å². The number of nitrogens with one attached hydrogen (secondary N) is 6. The number of H-pyrrole nitrogens is 3. The molecule has 3 aliphatic heterocycles. The average Bonchev–Trinajstić information content (AvgIpc) is 4.09. The summed E-state index contributed by atoms with van der Waals surface area (Å²) >= 11 is 0. The van der Waals surface area contributed by atoms with E-state index >= 15 is 0 Å². The SMILES string of the molecule is CCC1CNCC1c1cnc2cnc3[nH]ccc3n12.CCC1CNCC1c1cnc2cnc3[nH]ccc3n12.CCC1CNCC1c1cnc2cnc3[nH]ccc3n12. The van der Waals surface area contributed by atoms with Gasteiger partial charge in [0.25, 0.3) is 0 Å². The smallest absolute Gasteiger partial charge is 0.156 e. The van der Waals surface area contributed by atoms with Crippen LogP contribution in [0.3, 0.4) is 0 Å². The zero-order chi connectivity index (χ0) is 38.5. The number of aromatic amines is 3. The Morgan fingerprint density at radius 2 is 0.754 bits per heavy atom. The van der Waals surface area contributed by atoms with Crippen LogP contribution in [0.2, 0.25) is 0 Å². The Balaban J connectivity index is 0.000000104. The molecule has 6 atom stereocenters. The summed E-state index contributed by atoms with van der Waals surface area (Å²) in [6.45, 7) is 13.2. The van der Waals surface area contributed by atoms with Gasteiger partial charge in [0.05, 0.1) is 35.1 Å². The fourth-order valence-electron chi connectivity index (χ4n) is 9.79. The first kappa shape index (κ1) is 35.8. The van der Waals surface area contributed by atoms with Crippen molar-refractivity contribution in [1.29, 1.82) is 0 Å². The van der Waals surface area contributed by atoms with Crippen molar-refractivity contribution < 1.29 is 0 Å². The highest BCUT2D eigenvalue weighted by molar-refractivity contribution is 5.76. The van der Waals surface area contributed by atoms with Crippen LogP contribution in [0.1, 0.15) is 74.9 Å². The third-order valence-electron chi connectivity index (χ3n) is 12.9. The maximum atomic E-state index is 4.52. The first-order valence-electron chi connectivity index (χ1n) is 20.7. The topological polar surface area (TPSA) is 174 Å². The molecule has 0 amide bonds. The number of nitrogens with zero attached hydrogens (tertiary/aromatic N) is 9. The summed E-state index contributed by atoms with van der Waals surface area (Å²) in [5.41, 5.74) is 12.8. The van der Waals surface area contributed by atoms with E-state index in [1.54, 1.807) is 0 Å². The van der Waals surface area contributed by atoms with E-state index in [0.29, 0.717) is 35.5 Å². The van der Waals surface area contributed by atoms with Crippen molar-refractivity contribution in [1.82, 2.24) is 74.0 Å². The van der Waals surface area contributed by atoms with Gasteiger partial charge in [0, 0.05) is 91.7 Å². The van der Waals surface area contributed by atoms with Gasteiger partial charge in [-0.2, -0.15) is 0 Å². The zero-order valence-electron chi connectivity index (χ0n) is 32.8. The lowest BCUT2D eigenvalue weighted by Gasteiger charge is -2.16. The van der Waals surface area contributed by atoms with E-state index in [9.17, 15) is 0 Å². The molecule has 3 saturated heterocycles. The quantitative estimate of drug-likeness (QED) is 0.123. The highest BCUT2D eigenvalue weighted by Gasteiger charge is 2.32. The Hall–Kier alpha value is -5.64. The molecule has 12 rings (SSSR count). The number of rotatable bonds is 6. The van der Waals surface area contributed by atoms with Gasteiger partial charge in [-0.05, 0) is 55.6 Å². The van der Waals surface area contributed by atoms with Crippen LogP contribution in [-0.4, -0.2) is 97.3 Å². The molecule has 0 spiro atoms. The Bertz CT molecular complexity index is 2480.